The molecule has 1 amide bonds. The minimum atomic E-state index is -1.27. The molecule has 0 fully saturated rings. The minimum Gasteiger partial charge on any atom is -0.465 e. The summed E-state index contributed by atoms with van der Waals surface area (Å²) >= 11 is 0. The van der Waals surface area contributed by atoms with E-state index in [4.69, 9.17) is 5.11 Å². The summed E-state index contributed by atoms with van der Waals surface area (Å²) in [5, 5.41) is 10.9. The van der Waals surface area contributed by atoms with Crippen LogP contribution in [0.5, 0.6) is 0 Å². The van der Waals surface area contributed by atoms with Crippen molar-refractivity contribution in [1.29, 1.82) is 0 Å². The van der Waals surface area contributed by atoms with E-state index in [1.54, 1.807) is 0 Å². The van der Waals surface area contributed by atoms with Crippen LogP contribution in [0.25, 0.3) is 0 Å². The maximum atomic E-state index is 12.8. The van der Waals surface area contributed by atoms with E-state index in [9.17, 15) is 14.0 Å². The lowest BCUT2D eigenvalue weighted by Gasteiger charge is -2.16. The third-order valence-corrected chi connectivity index (χ3v) is 2.57. The van der Waals surface area contributed by atoms with Crippen LogP contribution in [0.1, 0.15) is 37.8 Å². The Kier molecular flexibility index (Phi) is 5.30. The van der Waals surface area contributed by atoms with Crippen LogP contribution in [0.4, 0.5) is 9.18 Å². The van der Waals surface area contributed by atoms with Crippen molar-refractivity contribution in [3.8, 4) is 0 Å². The van der Waals surface area contributed by atoms with Gasteiger partial charge in [-0.3, -0.25) is 4.79 Å². The van der Waals surface area contributed by atoms with Gasteiger partial charge in [0.15, 0.2) is 5.78 Å². The molecule has 4 nitrogen and oxygen atoms in total. The largest absolute Gasteiger partial charge is 0.465 e. The maximum absolute atomic E-state index is 12.8. The van der Waals surface area contributed by atoms with E-state index in [2.05, 4.69) is 5.32 Å². The van der Waals surface area contributed by atoms with Crippen LogP contribution in [0.15, 0.2) is 24.3 Å². The van der Waals surface area contributed by atoms with E-state index in [0.29, 0.717) is 18.4 Å². The lowest BCUT2D eigenvalue weighted by molar-refractivity contribution is -0.121. The molecule has 0 saturated carbocycles. The van der Waals surface area contributed by atoms with Crippen molar-refractivity contribution in [2.24, 2.45) is 0 Å². The van der Waals surface area contributed by atoms with Gasteiger partial charge in [-0.05, 0) is 24.1 Å². The van der Waals surface area contributed by atoms with Crippen LogP contribution in [0.2, 0.25) is 0 Å². The van der Waals surface area contributed by atoms with E-state index in [-0.39, 0.29) is 5.78 Å². The molecule has 2 N–H and O–H groups in total. The normalized spacial score (nSPS) is 11.9. The number of hydrogen-bond donors (Lipinski definition) is 2. The van der Waals surface area contributed by atoms with Crippen molar-refractivity contribution in [1.82, 2.24) is 5.32 Å². The highest BCUT2D eigenvalue weighted by Crippen LogP contribution is 2.17. The van der Waals surface area contributed by atoms with Gasteiger partial charge in [-0.15, -0.1) is 0 Å². The zero-order valence-corrected chi connectivity index (χ0v) is 10.1. The highest BCUT2D eigenvalue weighted by molar-refractivity contribution is 5.88. The number of carbonyl (C=O) groups excluding carboxylic acids is 1. The molecule has 1 rings (SSSR count). The molecule has 0 aromatic heterocycles. The molecule has 1 aromatic carbocycles. The van der Waals surface area contributed by atoms with Gasteiger partial charge >= 0.3 is 6.09 Å². The molecule has 5 heteroatoms. The number of nitrogens with one attached hydrogen (secondary N) is 1. The summed E-state index contributed by atoms with van der Waals surface area (Å²) in [6, 6.07) is 4.33. The first kappa shape index (κ1) is 14.2. The summed E-state index contributed by atoms with van der Waals surface area (Å²) in [6.45, 7) is 1.95. The quantitative estimate of drug-likeness (QED) is 0.819. The molecule has 1 atom stereocenters. The number of halogens is 1. The van der Waals surface area contributed by atoms with Gasteiger partial charge < -0.3 is 10.4 Å². The second-order valence-electron chi connectivity index (χ2n) is 4.00. The number of ketones is 1. The Bertz CT molecular complexity index is 417. The number of hydrogen-bond acceptors (Lipinski definition) is 2. The Morgan fingerprint density at radius 3 is 2.44 bits per heavy atom. The highest BCUT2D eigenvalue weighted by atomic mass is 19.1. The molecular weight excluding hydrogens is 237 g/mol. The Balaban J connectivity index is 2.86. The average molecular weight is 253 g/mol. The molecule has 0 saturated heterocycles. The smallest absolute Gasteiger partial charge is 0.405 e. The third-order valence-electron chi connectivity index (χ3n) is 2.57. The molecule has 0 radical (unpaired) electrons. The van der Waals surface area contributed by atoms with Crippen molar-refractivity contribution in [3.05, 3.63) is 35.6 Å². The van der Waals surface area contributed by atoms with Gasteiger partial charge in [0.25, 0.3) is 0 Å². The molecule has 0 spiro atoms. The zero-order valence-electron chi connectivity index (χ0n) is 10.1. The van der Waals surface area contributed by atoms with Crippen molar-refractivity contribution < 1.29 is 19.1 Å². The number of amides is 1. The van der Waals surface area contributed by atoms with Gasteiger partial charge in [0.1, 0.15) is 11.9 Å². The zero-order chi connectivity index (χ0) is 13.5. The number of Topliss-reactive ketones (excluding diaryl/α,β-unsaturated/α-hetero) is 1. The van der Waals surface area contributed by atoms with Crippen molar-refractivity contribution in [2.75, 3.05) is 0 Å². The van der Waals surface area contributed by atoms with Crippen molar-refractivity contribution in [3.63, 3.8) is 0 Å². The lowest BCUT2D eigenvalue weighted by Crippen LogP contribution is -2.32. The van der Waals surface area contributed by atoms with Gasteiger partial charge in [0.2, 0.25) is 0 Å². The van der Waals surface area contributed by atoms with Crippen LogP contribution >= 0.6 is 0 Å². The number of carboxylic acid groups (broad SMARTS) is 1. The molecule has 98 valence electrons. The van der Waals surface area contributed by atoms with E-state index in [1.165, 1.54) is 24.3 Å². The second kappa shape index (κ2) is 6.74. The highest BCUT2D eigenvalue weighted by Gasteiger charge is 2.21. The first-order chi connectivity index (χ1) is 8.54. The van der Waals surface area contributed by atoms with Gasteiger partial charge in [-0.25, -0.2) is 9.18 Å². The fraction of sp³-hybridized carbons (Fsp3) is 0.385. The van der Waals surface area contributed by atoms with E-state index < -0.39 is 18.0 Å². The molecule has 18 heavy (non-hydrogen) atoms. The Morgan fingerprint density at radius 2 is 1.94 bits per heavy atom. The van der Waals surface area contributed by atoms with Gasteiger partial charge in [-0.2, -0.15) is 0 Å². The van der Waals surface area contributed by atoms with E-state index in [0.717, 1.165) is 6.42 Å². The summed E-state index contributed by atoms with van der Waals surface area (Å²) in [4.78, 5) is 22.6. The monoisotopic (exact) mass is 253 g/mol. The van der Waals surface area contributed by atoms with Crippen LogP contribution in [0, 0.1) is 5.82 Å². The van der Waals surface area contributed by atoms with Crippen molar-refractivity contribution in [2.45, 2.75) is 32.2 Å². The van der Waals surface area contributed by atoms with Crippen LogP contribution in [-0.2, 0) is 4.79 Å². The fourth-order valence-electron chi connectivity index (χ4n) is 1.62. The second-order valence-corrected chi connectivity index (χ2v) is 4.00. The predicted octanol–water partition coefficient (Wildman–Crippen LogP) is 2.89. The molecule has 0 aliphatic heterocycles. The van der Waals surface area contributed by atoms with Gasteiger partial charge in [-0.1, -0.05) is 25.5 Å². The molecule has 0 bridgehead atoms. The SMILES string of the molecule is CCCCC(=O)C(NC(=O)O)c1ccc(F)cc1. The van der Waals surface area contributed by atoms with Crippen LogP contribution < -0.4 is 5.32 Å². The van der Waals surface area contributed by atoms with Gasteiger partial charge in [0.05, 0.1) is 0 Å². The molecule has 0 aliphatic rings. The predicted molar refractivity (Wildman–Crippen MR) is 64.8 cm³/mol. The molecular formula is C13H16FNO3. The third kappa shape index (κ3) is 4.16. The molecule has 1 unspecified atom stereocenters. The van der Waals surface area contributed by atoms with Gasteiger partial charge in [0, 0.05) is 6.42 Å². The number of benzene rings is 1. The first-order valence-corrected chi connectivity index (χ1v) is 5.82. The molecule has 0 aliphatic carbocycles. The lowest BCUT2D eigenvalue weighted by atomic mass is 9.99. The number of carbonyl (C=O) groups is 2. The standard InChI is InChI=1S/C13H16FNO3/c1-2-3-4-11(16)12(15-13(17)18)9-5-7-10(14)8-6-9/h5-8,12,15H,2-4H2,1H3,(H,17,18). The topological polar surface area (TPSA) is 66.4 Å². The number of rotatable bonds is 6. The Morgan fingerprint density at radius 1 is 1.33 bits per heavy atom. The maximum Gasteiger partial charge on any atom is 0.405 e. The molecule has 0 heterocycles. The summed E-state index contributed by atoms with van der Waals surface area (Å²) in [6.07, 6.45) is 0.597. The summed E-state index contributed by atoms with van der Waals surface area (Å²) in [7, 11) is 0. The van der Waals surface area contributed by atoms with Crippen molar-refractivity contribution >= 4 is 11.9 Å². The first-order valence-electron chi connectivity index (χ1n) is 5.82. The fourth-order valence-corrected chi connectivity index (χ4v) is 1.62. The number of unbranched alkanes of at least 4 members (excludes halogenated alkanes) is 1. The van der Waals surface area contributed by atoms with Crippen LogP contribution in [0.3, 0.4) is 0 Å². The van der Waals surface area contributed by atoms with E-state index in [1.807, 2.05) is 6.92 Å². The summed E-state index contributed by atoms with van der Waals surface area (Å²) in [5.74, 6) is -0.625. The molecule has 1 aromatic rings. The van der Waals surface area contributed by atoms with E-state index >= 15 is 0 Å². The minimum absolute atomic E-state index is 0.203. The Hall–Kier alpha value is -1.91. The summed E-state index contributed by atoms with van der Waals surface area (Å²) < 4.78 is 12.8. The Labute approximate surface area is 105 Å². The summed E-state index contributed by atoms with van der Waals surface area (Å²) in [5.41, 5.74) is 0.458. The average Bonchev–Trinajstić information content (AvgIpc) is 2.34. The van der Waals surface area contributed by atoms with Crippen LogP contribution in [-0.4, -0.2) is 17.0 Å².